The van der Waals surface area contributed by atoms with E-state index in [0.29, 0.717) is 24.5 Å². The quantitative estimate of drug-likeness (QED) is 0.268. The summed E-state index contributed by atoms with van der Waals surface area (Å²) < 4.78 is 43.1. The minimum Gasteiger partial charge on any atom is -0.492 e. The molecule has 1 amide bonds. The average Bonchev–Trinajstić information content (AvgIpc) is 2.83. The predicted octanol–water partition coefficient (Wildman–Crippen LogP) is 6.35. The molecule has 0 aliphatic rings. The minimum absolute atomic E-state index is 0.168. The molecule has 0 saturated heterocycles. The Morgan fingerprint density at radius 3 is 2.26 bits per heavy atom. The first kappa shape index (κ1) is 31.0. The fourth-order valence-electron chi connectivity index (χ4n) is 3.86. The van der Waals surface area contributed by atoms with Gasteiger partial charge in [0, 0.05) is 26.0 Å². The highest BCUT2D eigenvalue weighted by atomic mass is 19.3. The Kier molecular flexibility index (Phi) is 12.0. The zero-order chi connectivity index (χ0) is 28.3. The zero-order valence-corrected chi connectivity index (χ0v) is 22.9. The monoisotopic (exact) mass is 535 g/mol. The van der Waals surface area contributed by atoms with Crippen LogP contribution in [0.15, 0.2) is 36.4 Å². The number of benzene rings is 2. The Morgan fingerprint density at radius 2 is 1.66 bits per heavy atom. The molecular formula is C29H39F2NO6. The molecule has 0 aliphatic carbocycles. The molecule has 38 heavy (non-hydrogen) atoms. The number of carbonyl (C=O) groups is 2. The lowest BCUT2D eigenvalue weighted by atomic mass is 10.1. The third kappa shape index (κ3) is 10.7. The molecule has 0 radical (unpaired) electrons. The van der Waals surface area contributed by atoms with E-state index in [1.807, 2.05) is 32.9 Å². The van der Waals surface area contributed by atoms with Crippen molar-refractivity contribution in [1.29, 1.82) is 0 Å². The molecular weight excluding hydrogens is 496 g/mol. The van der Waals surface area contributed by atoms with Gasteiger partial charge in [0.1, 0.15) is 18.1 Å². The van der Waals surface area contributed by atoms with Gasteiger partial charge in [0.15, 0.2) is 6.10 Å². The molecule has 0 saturated carbocycles. The highest BCUT2D eigenvalue weighted by Crippen LogP contribution is 2.24. The van der Waals surface area contributed by atoms with Crippen molar-refractivity contribution in [2.24, 2.45) is 0 Å². The fraction of sp³-hybridized carbons (Fsp3) is 0.517. The third-order valence-electron chi connectivity index (χ3n) is 6.16. The number of hydrogen-bond acceptors (Lipinski definition) is 5. The molecule has 7 nitrogen and oxygen atoms in total. The molecule has 0 spiro atoms. The maximum absolute atomic E-state index is 13.2. The second-order valence-corrected chi connectivity index (χ2v) is 9.56. The molecule has 1 unspecified atom stereocenters. The number of aliphatic carboxylic acids is 1. The number of aryl methyl sites for hydroxylation is 3. The first-order chi connectivity index (χ1) is 17.9. The molecule has 210 valence electrons. The van der Waals surface area contributed by atoms with Crippen molar-refractivity contribution < 1.29 is 37.7 Å². The van der Waals surface area contributed by atoms with E-state index in [1.165, 1.54) is 4.90 Å². The van der Waals surface area contributed by atoms with E-state index < -0.39 is 24.1 Å². The summed E-state index contributed by atoms with van der Waals surface area (Å²) in [6.07, 6.45) is -0.811. The number of alkyl halides is 2. The molecule has 0 bridgehead atoms. The number of amides is 1. The van der Waals surface area contributed by atoms with Crippen LogP contribution in [0.1, 0.15) is 55.4 Å². The number of unbranched alkanes of at least 4 members (excludes halogenated alkanes) is 1. The summed E-state index contributed by atoms with van der Waals surface area (Å²) in [5.74, 6) is -2.74. The normalized spacial score (nSPS) is 12.2. The summed E-state index contributed by atoms with van der Waals surface area (Å²) in [5.41, 5.74) is 3.71. The number of carbonyl (C=O) groups excluding carboxylic acids is 1. The molecule has 0 heterocycles. The van der Waals surface area contributed by atoms with Crippen LogP contribution >= 0.6 is 0 Å². The number of ether oxygens (including phenoxy) is 3. The second kappa shape index (κ2) is 14.7. The van der Waals surface area contributed by atoms with Crippen molar-refractivity contribution in [3.05, 3.63) is 58.7 Å². The Bertz CT molecular complexity index is 1050. The van der Waals surface area contributed by atoms with E-state index in [-0.39, 0.29) is 39.0 Å². The van der Waals surface area contributed by atoms with E-state index in [9.17, 15) is 23.5 Å². The highest BCUT2D eigenvalue weighted by molar-refractivity contribution is 5.73. The molecule has 9 heteroatoms. The standard InChI is InChI=1S/C29H39F2NO6/c1-6-36-26(27(33)34)19-23-9-11-24(12-10-23)37-16-15-32(14-8-7-13-29(5,30)31)28(35)38-25-18-21(3)20(2)17-22(25)4/h9-12,17-18,26H,6-8,13-16,19H2,1-5H3,(H,33,34). The highest BCUT2D eigenvalue weighted by Gasteiger charge is 2.22. The van der Waals surface area contributed by atoms with Gasteiger partial charge in [0.2, 0.25) is 5.92 Å². The first-order valence-corrected chi connectivity index (χ1v) is 12.9. The van der Waals surface area contributed by atoms with Crippen LogP contribution in [-0.4, -0.2) is 60.4 Å². The number of carboxylic acid groups (broad SMARTS) is 1. The van der Waals surface area contributed by atoms with E-state index in [0.717, 1.165) is 29.2 Å². The molecule has 2 rings (SSSR count). The van der Waals surface area contributed by atoms with E-state index in [4.69, 9.17) is 14.2 Å². The summed E-state index contributed by atoms with van der Waals surface area (Å²) in [7, 11) is 0. The third-order valence-corrected chi connectivity index (χ3v) is 6.16. The van der Waals surface area contributed by atoms with Crippen LogP contribution in [-0.2, 0) is 16.0 Å². The van der Waals surface area contributed by atoms with Gasteiger partial charge in [-0.15, -0.1) is 0 Å². The lowest BCUT2D eigenvalue weighted by Gasteiger charge is -2.23. The van der Waals surface area contributed by atoms with Crippen molar-refractivity contribution in [3.8, 4) is 11.5 Å². The molecule has 0 aromatic heterocycles. The number of hydrogen-bond donors (Lipinski definition) is 1. The maximum atomic E-state index is 13.2. The lowest BCUT2D eigenvalue weighted by molar-refractivity contribution is -0.149. The molecule has 1 N–H and O–H groups in total. The van der Waals surface area contributed by atoms with Gasteiger partial charge in [-0.2, -0.15) is 0 Å². The Labute approximate surface area is 223 Å². The van der Waals surface area contributed by atoms with Crippen LogP contribution < -0.4 is 9.47 Å². The molecule has 2 aromatic carbocycles. The number of nitrogens with zero attached hydrogens (tertiary/aromatic N) is 1. The molecule has 0 fully saturated rings. The Hall–Kier alpha value is -3.20. The van der Waals surface area contributed by atoms with Crippen LogP contribution in [0.4, 0.5) is 13.6 Å². The summed E-state index contributed by atoms with van der Waals surface area (Å²) in [4.78, 5) is 25.8. The van der Waals surface area contributed by atoms with Gasteiger partial charge in [0.25, 0.3) is 0 Å². The van der Waals surface area contributed by atoms with Crippen LogP contribution in [0.25, 0.3) is 0 Å². The van der Waals surface area contributed by atoms with Gasteiger partial charge in [-0.1, -0.05) is 18.2 Å². The lowest BCUT2D eigenvalue weighted by Crippen LogP contribution is -2.37. The average molecular weight is 536 g/mol. The van der Waals surface area contributed by atoms with Crippen molar-refractivity contribution in [1.82, 2.24) is 4.90 Å². The van der Waals surface area contributed by atoms with E-state index >= 15 is 0 Å². The zero-order valence-electron chi connectivity index (χ0n) is 22.9. The number of halogens is 2. The predicted molar refractivity (Wildman–Crippen MR) is 141 cm³/mol. The summed E-state index contributed by atoms with van der Waals surface area (Å²) in [6, 6.07) is 10.8. The second-order valence-electron chi connectivity index (χ2n) is 9.56. The van der Waals surface area contributed by atoms with Gasteiger partial charge in [-0.05, 0) is 87.9 Å². The van der Waals surface area contributed by atoms with Gasteiger partial charge >= 0.3 is 12.1 Å². The van der Waals surface area contributed by atoms with E-state index in [1.54, 1.807) is 31.2 Å². The van der Waals surface area contributed by atoms with Crippen molar-refractivity contribution in [2.45, 2.75) is 72.3 Å². The maximum Gasteiger partial charge on any atom is 0.415 e. The topological polar surface area (TPSA) is 85.3 Å². The molecule has 0 aliphatic heterocycles. The van der Waals surface area contributed by atoms with Crippen molar-refractivity contribution in [3.63, 3.8) is 0 Å². The van der Waals surface area contributed by atoms with Crippen molar-refractivity contribution >= 4 is 12.1 Å². The Balaban J connectivity index is 1.99. The van der Waals surface area contributed by atoms with Crippen LogP contribution in [0.3, 0.4) is 0 Å². The van der Waals surface area contributed by atoms with Crippen molar-refractivity contribution in [2.75, 3.05) is 26.3 Å². The SMILES string of the molecule is CCOC(Cc1ccc(OCCN(CCCCC(C)(F)F)C(=O)Oc2cc(C)c(C)cc2C)cc1)C(=O)O. The largest absolute Gasteiger partial charge is 0.492 e. The van der Waals surface area contributed by atoms with Crippen LogP contribution in [0, 0.1) is 20.8 Å². The molecule has 2 aromatic rings. The summed E-state index contributed by atoms with van der Waals surface area (Å²) >= 11 is 0. The molecule has 1 atom stereocenters. The number of carboxylic acids is 1. The van der Waals surface area contributed by atoms with Gasteiger partial charge in [-0.25, -0.2) is 18.4 Å². The van der Waals surface area contributed by atoms with Crippen LogP contribution in [0.2, 0.25) is 0 Å². The van der Waals surface area contributed by atoms with E-state index in [2.05, 4.69) is 0 Å². The summed E-state index contributed by atoms with van der Waals surface area (Å²) in [5, 5.41) is 9.25. The Morgan fingerprint density at radius 1 is 1.00 bits per heavy atom. The first-order valence-electron chi connectivity index (χ1n) is 12.9. The van der Waals surface area contributed by atoms with Gasteiger partial charge in [-0.3, -0.25) is 0 Å². The van der Waals surface area contributed by atoms with Crippen LogP contribution in [0.5, 0.6) is 11.5 Å². The number of rotatable bonds is 15. The smallest absolute Gasteiger partial charge is 0.415 e. The fourth-order valence-corrected chi connectivity index (χ4v) is 3.86. The van der Waals surface area contributed by atoms with Gasteiger partial charge < -0.3 is 24.2 Å². The van der Waals surface area contributed by atoms with Gasteiger partial charge in [0.05, 0.1) is 6.54 Å². The minimum atomic E-state index is -2.75. The summed E-state index contributed by atoms with van der Waals surface area (Å²) in [6.45, 7) is 9.36.